The van der Waals surface area contributed by atoms with E-state index in [0.717, 1.165) is 47.1 Å². The summed E-state index contributed by atoms with van der Waals surface area (Å²) in [4.78, 5) is 4.78. The fourth-order valence-electron chi connectivity index (χ4n) is 3.60. The van der Waals surface area contributed by atoms with Crippen molar-refractivity contribution in [3.8, 4) is 11.3 Å². The molecule has 3 nitrogen and oxygen atoms in total. The average molecular weight is 353 g/mol. The van der Waals surface area contributed by atoms with Gasteiger partial charge in [0.1, 0.15) is 0 Å². The predicted octanol–water partition coefficient (Wildman–Crippen LogP) is 4.73. The molecular formula is C21H21ClN2O. The van der Waals surface area contributed by atoms with E-state index in [1.54, 1.807) is 0 Å². The molecule has 25 heavy (non-hydrogen) atoms. The maximum absolute atomic E-state index is 11.1. The molecule has 1 fully saturated rings. The van der Waals surface area contributed by atoms with Crippen LogP contribution in [0, 0.1) is 0 Å². The number of hydrogen-bond donors (Lipinski definition) is 2. The summed E-state index contributed by atoms with van der Waals surface area (Å²) in [5.74, 6) is 0. The van der Waals surface area contributed by atoms with Gasteiger partial charge in [-0.2, -0.15) is 0 Å². The number of hydrogen-bond acceptors (Lipinski definition) is 3. The highest BCUT2D eigenvalue weighted by Crippen LogP contribution is 2.33. The summed E-state index contributed by atoms with van der Waals surface area (Å²) in [5, 5.41) is 16.1. The minimum Gasteiger partial charge on any atom is -0.387 e. The summed E-state index contributed by atoms with van der Waals surface area (Å²) >= 11 is 6.18. The van der Waals surface area contributed by atoms with E-state index in [2.05, 4.69) is 5.32 Å². The van der Waals surface area contributed by atoms with Crippen LogP contribution in [0.3, 0.4) is 0 Å². The van der Waals surface area contributed by atoms with Crippen LogP contribution in [0.1, 0.15) is 30.9 Å². The summed E-state index contributed by atoms with van der Waals surface area (Å²) in [5.41, 5.74) is 3.63. The molecule has 1 aliphatic rings. The van der Waals surface area contributed by atoms with Crippen LogP contribution < -0.4 is 5.32 Å². The van der Waals surface area contributed by atoms with Crippen molar-refractivity contribution in [1.82, 2.24) is 10.3 Å². The maximum Gasteiger partial charge on any atom is 0.0950 e. The molecule has 0 unspecified atom stereocenters. The molecule has 1 aliphatic heterocycles. The number of nitrogens with one attached hydrogen (secondary N) is 1. The fourth-order valence-corrected chi connectivity index (χ4v) is 3.76. The predicted molar refractivity (Wildman–Crippen MR) is 103 cm³/mol. The summed E-state index contributed by atoms with van der Waals surface area (Å²) < 4.78 is 0. The Morgan fingerprint density at radius 3 is 2.68 bits per heavy atom. The Morgan fingerprint density at radius 1 is 1.08 bits per heavy atom. The third kappa shape index (κ3) is 3.40. The van der Waals surface area contributed by atoms with Crippen LogP contribution in [0.25, 0.3) is 22.2 Å². The van der Waals surface area contributed by atoms with E-state index in [1.807, 2.05) is 54.6 Å². The Hall–Kier alpha value is -1.94. The lowest BCUT2D eigenvalue weighted by molar-refractivity contribution is 0.115. The van der Waals surface area contributed by atoms with Gasteiger partial charge >= 0.3 is 0 Å². The molecule has 1 aromatic heterocycles. The number of piperidine rings is 1. The van der Waals surface area contributed by atoms with Crippen LogP contribution in [-0.4, -0.2) is 22.7 Å². The first kappa shape index (κ1) is 16.5. The Morgan fingerprint density at radius 2 is 1.92 bits per heavy atom. The molecule has 3 aromatic rings. The number of halogens is 1. The minimum atomic E-state index is -0.561. The van der Waals surface area contributed by atoms with Gasteiger partial charge in [0.15, 0.2) is 0 Å². The summed E-state index contributed by atoms with van der Waals surface area (Å²) in [7, 11) is 0. The second-order valence-corrected chi connectivity index (χ2v) is 7.06. The topological polar surface area (TPSA) is 45.2 Å². The van der Waals surface area contributed by atoms with Crippen molar-refractivity contribution in [2.75, 3.05) is 6.54 Å². The standard InChI is InChI=1S/C21H21ClN2O/c22-15-9-10-16-17(21(25)18-8-4-5-11-23-18)13-19(24-20(16)12-15)14-6-2-1-3-7-14/h1-3,6-7,9-10,12-13,18,21,23,25H,4-5,8,11H2/t18-,21-/m0/s1. The number of aliphatic hydroxyl groups is 1. The Bertz CT molecular complexity index is 876. The average Bonchev–Trinajstić information content (AvgIpc) is 2.67. The lowest BCUT2D eigenvalue weighted by Crippen LogP contribution is -2.38. The molecule has 2 atom stereocenters. The van der Waals surface area contributed by atoms with Crippen molar-refractivity contribution < 1.29 is 5.11 Å². The molecule has 2 aromatic carbocycles. The third-order valence-electron chi connectivity index (χ3n) is 4.92. The molecule has 4 heteroatoms. The van der Waals surface area contributed by atoms with Crippen molar-refractivity contribution in [2.45, 2.75) is 31.4 Å². The number of pyridine rings is 1. The zero-order valence-corrected chi connectivity index (χ0v) is 14.7. The number of fused-ring (bicyclic) bond motifs is 1. The van der Waals surface area contributed by atoms with E-state index in [4.69, 9.17) is 16.6 Å². The van der Waals surface area contributed by atoms with E-state index < -0.39 is 6.10 Å². The van der Waals surface area contributed by atoms with Crippen LogP contribution in [-0.2, 0) is 0 Å². The number of aliphatic hydroxyl groups excluding tert-OH is 1. The number of rotatable bonds is 3. The zero-order chi connectivity index (χ0) is 17.2. The SMILES string of the molecule is O[C@@H](c1cc(-c2ccccc2)nc2cc(Cl)ccc12)[C@@H]1CCCCN1. The molecule has 1 saturated heterocycles. The van der Waals surface area contributed by atoms with Crippen molar-refractivity contribution >= 4 is 22.5 Å². The van der Waals surface area contributed by atoms with Gasteiger partial charge in [-0.15, -0.1) is 0 Å². The van der Waals surface area contributed by atoms with Crippen molar-refractivity contribution in [3.63, 3.8) is 0 Å². The number of nitrogens with zero attached hydrogens (tertiary/aromatic N) is 1. The van der Waals surface area contributed by atoms with Crippen LogP contribution in [0.4, 0.5) is 0 Å². The minimum absolute atomic E-state index is 0.0821. The van der Waals surface area contributed by atoms with Gasteiger partial charge in [-0.3, -0.25) is 0 Å². The van der Waals surface area contributed by atoms with E-state index in [-0.39, 0.29) is 6.04 Å². The van der Waals surface area contributed by atoms with Crippen LogP contribution in [0.5, 0.6) is 0 Å². The first-order valence-corrected chi connectivity index (χ1v) is 9.17. The molecule has 0 saturated carbocycles. The molecule has 128 valence electrons. The molecule has 0 bridgehead atoms. The lowest BCUT2D eigenvalue weighted by atomic mass is 9.92. The van der Waals surface area contributed by atoms with Crippen LogP contribution in [0.2, 0.25) is 5.02 Å². The van der Waals surface area contributed by atoms with E-state index >= 15 is 0 Å². The van der Waals surface area contributed by atoms with E-state index in [9.17, 15) is 5.11 Å². The van der Waals surface area contributed by atoms with Crippen molar-refractivity contribution in [3.05, 3.63) is 65.2 Å². The maximum atomic E-state index is 11.1. The second-order valence-electron chi connectivity index (χ2n) is 6.63. The smallest absolute Gasteiger partial charge is 0.0950 e. The van der Waals surface area contributed by atoms with E-state index in [0.29, 0.717) is 5.02 Å². The molecule has 0 radical (unpaired) electrons. The normalized spacial score (nSPS) is 19.0. The summed E-state index contributed by atoms with van der Waals surface area (Å²) in [6, 6.07) is 17.8. The molecular weight excluding hydrogens is 332 g/mol. The fraction of sp³-hybridized carbons (Fsp3) is 0.286. The first-order chi connectivity index (χ1) is 12.2. The van der Waals surface area contributed by atoms with Gasteiger partial charge < -0.3 is 10.4 Å². The summed E-state index contributed by atoms with van der Waals surface area (Å²) in [6.45, 7) is 0.960. The molecule has 4 rings (SSSR count). The van der Waals surface area contributed by atoms with Gasteiger partial charge in [0.05, 0.1) is 17.3 Å². The summed E-state index contributed by atoms with van der Waals surface area (Å²) in [6.07, 6.45) is 2.74. The Kier molecular flexibility index (Phi) is 4.71. The largest absolute Gasteiger partial charge is 0.387 e. The third-order valence-corrected chi connectivity index (χ3v) is 5.16. The lowest BCUT2D eigenvalue weighted by Gasteiger charge is -2.29. The van der Waals surface area contributed by atoms with Crippen LogP contribution in [0.15, 0.2) is 54.6 Å². The number of benzene rings is 2. The van der Waals surface area contributed by atoms with Crippen molar-refractivity contribution in [1.29, 1.82) is 0 Å². The van der Waals surface area contributed by atoms with E-state index in [1.165, 1.54) is 6.42 Å². The van der Waals surface area contributed by atoms with Crippen molar-refractivity contribution in [2.24, 2.45) is 0 Å². The molecule has 2 N–H and O–H groups in total. The van der Waals surface area contributed by atoms with Crippen LogP contribution >= 0.6 is 11.6 Å². The quantitative estimate of drug-likeness (QED) is 0.716. The first-order valence-electron chi connectivity index (χ1n) is 8.79. The molecule has 0 aliphatic carbocycles. The highest BCUT2D eigenvalue weighted by atomic mass is 35.5. The van der Waals surface area contributed by atoms with Gasteiger partial charge in [0.2, 0.25) is 0 Å². The Labute approximate surface area is 152 Å². The Balaban J connectivity index is 1.85. The highest BCUT2D eigenvalue weighted by molar-refractivity contribution is 6.31. The second kappa shape index (κ2) is 7.12. The highest BCUT2D eigenvalue weighted by Gasteiger charge is 2.25. The van der Waals surface area contributed by atoms with Gasteiger partial charge in [0, 0.05) is 22.0 Å². The molecule has 0 spiro atoms. The number of aromatic nitrogens is 1. The van der Waals surface area contributed by atoms with Gasteiger partial charge in [-0.25, -0.2) is 4.98 Å². The van der Waals surface area contributed by atoms with Gasteiger partial charge in [0.25, 0.3) is 0 Å². The van der Waals surface area contributed by atoms with Gasteiger partial charge in [-0.05, 0) is 43.1 Å². The molecule has 0 amide bonds. The molecule has 2 heterocycles. The monoisotopic (exact) mass is 352 g/mol. The zero-order valence-electron chi connectivity index (χ0n) is 14.0. The van der Waals surface area contributed by atoms with Gasteiger partial charge in [-0.1, -0.05) is 54.4 Å².